The number of benzene rings is 2. The van der Waals surface area contributed by atoms with Gasteiger partial charge in [-0.1, -0.05) is 55.5 Å². The third-order valence-electron chi connectivity index (χ3n) is 6.47. The topological polar surface area (TPSA) is 66.9 Å². The van der Waals surface area contributed by atoms with Gasteiger partial charge in [0.15, 0.2) is 0 Å². The number of rotatable bonds is 7. The fourth-order valence-electron chi connectivity index (χ4n) is 4.49. The highest BCUT2D eigenvalue weighted by Crippen LogP contribution is 2.48. The number of para-hydroxylation sites is 1. The van der Waals surface area contributed by atoms with Gasteiger partial charge in [-0.25, -0.2) is 8.42 Å². The van der Waals surface area contributed by atoms with Crippen LogP contribution in [0.3, 0.4) is 0 Å². The molecule has 172 valence electrons. The normalized spacial score (nSPS) is 21.5. The molecule has 2 aliphatic rings. The number of ether oxygens (including phenoxy) is 1. The van der Waals surface area contributed by atoms with E-state index < -0.39 is 23.5 Å². The lowest BCUT2D eigenvalue weighted by Gasteiger charge is -2.25. The first kappa shape index (κ1) is 23.2. The van der Waals surface area contributed by atoms with E-state index >= 15 is 0 Å². The number of sulfonamides is 1. The Labute approximate surface area is 192 Å². The number of hydrogen-bond acceptors (Lipinski definition) is 4. The first-order valence-corrected chi connectivity index (χ1v) is 16.3. The van der Waals surface area contributed by atoms with Gasteiger partial charge in [0.1, 0.15) is 6.73 Å². The van der Waals surface area contributed by atoms with Crippen molar-refractivity contribution in [1.29, 1.82) is 0 Å². The molecule has 0 aliphatic carbocycles. The number of carbonyl (C=O) groups is 1. The minimum absolute atomic E-state index is 0.0618. The monoisotopic (exact) mass is 472 g/mol. The Kier molecular flexibility index (Phi) is 6.09. The number of carbonyl (C=O) groups excluding carboxylic acids is 1. The molecule has 4 rings (SSSR count). The molecule has 32 heavy (non-hydrogen) atoms. The van der Waals surface area contributed by atoms with Crippen LogP contribution in [0.25, 0.3) is 0 Å². The second-order valence-electron chi connectivity index (χ2n) is 10.1. The van der Waals surface area contributed by atoms with E-state index in [9.17, 15) is 13.2 Å². The maximum absolute atomic E-state index is 13.7. The second-order valence-corrected chi connectivity index (χ2v) is 17.6. The van der Waals surface area contributed by atoms with Crippen LogP contribution in [0.5, 0.6) is 0 Å². The minimum atomic E-state index is -3.66. The van der Waals surface area contributed by atoms with Gasteiger partial charge in [0.2, 0.25) is 15.9 Å². The maximum Gasteiger partial charge on any atom is 0.243 e. The summed E-state index contributed by atoms with van der Waals surface area (Å²) < 4.78 is 33.9. The molecule has 0 radical (unpaired) electrons. The molecule has 1 amide bonds. The van der Waals surface area contributed by atoms with Crippen molar-refractivity contribution in [1.82, 2.24) is 4.31 Å². The minimum Gasteiger partial charge on any atom is -0.361 e. The van der Waals surface area contributed by atoms with Crippen molar-refractivity contribution < 1.29 is 17.9 Å². The van der Waals surface area contributed by atoms with Crippen LogP contribution in [0.4, 0.5) is 5.69 Å². The van der Waals surface area contributed by atoms with E-state index in [1.54, 1.807) is 29.2 Å². The molecule has 1 saturated heterocycles. The first-order valence-electron chi connectivity index (χ1n) is 11.1. The van der Waals surface area contributed by atoms with Gasteiger partial charge in [0.25, 0.3) is 0 Å². The van der Waals surface area contributed by atoms with Crippen LogP contribution >= 0.6 is 0 Å². The highest BCUT2D eigenvalue weighted by Gasteiger charge is 2.56. The van der Waals surface area contributed by atoms with Crippen molar-refractivity contribution in [3.05, 3.63) is 59.7 Å². The summed E-state index contributed by atoms with van der Waals surface area (Å²) in [6.45, 7) is 10.1. The molecule has 8 heteroatoms. The Morgan fingerprint density at radius 3 is 2.44 bits per heavy atom. The van der Waals surface area contributed by atoms with E-state index in [1.807, 2.05) is 31.2 Å². The van der Waals surface area contributed by atoms with Crippen LogP contribution in [0.2, 0.25) is 25.7 Å². The number of aryl methyl sites for hydroxylation is 1. The largest absolute Gasteiger partial charge is 0.361 e. The lowest BCUT2D eigenvalue weighted by atomic mass is 9.81. The van der Waals surface area contributed by atoms with E-state index in [4.69, 9.17) is 4.74 Å². The summed E-state index contributed by atoms with van der Waals surface area (Å²) in [6, 6.07) is 15.6. The predicted molar refractivity (Wildman–Crippen MR) is 129 cm³/mol. The average Bonchev–Trinajstić information content (AvgIpc) is 3.28. The number of fused-ring (bicyclic) bond motifs is 2. The molecule has 0 saturated carbocycles. The first-order chi connectivity index (χ1) is 15.0. The fourth-order valence-corrected chi connectivity index (χ4v) is 6.75. The van der Waals surface area contributed by atoms with Crippen LogP contribution in [0, 0.1) is 6.92 Å². The van der Waals surface area contributed by atoms with E-state index in [0.29, 0.717) is 19.6 Å². The highest BCUT2D eigenvalue weighted by atomic mass is 32.2. The quantitative estimate of drug-likeness (QED) is 0.451. The number of nitrogens with zero attached hydrogens (tertiary/aromatic N) is 2. The lowest BCUT2D eigenvalue weighted by Crippen LogP contribution is -2.44. The second kappa shape index (κ2) is 8.41. The molecule has 2 aromatic carbocycles. The summed E-state index contributed by atoms with van der Waals surface area (Å²) in [5.74, 6) is -0.0618. The fraction of sp³-hybridized carbons (Fsp3) is 0.458. The van der Waals surface area contributed by atoms with Crippen molar-refractivity contribution >= 4 is 29.7 Å². The maximum atomic E-state index is 13.7. The Morgan fingerprint density at radius 2 is 1.75 bits per heavy atom. The van der Waals surface area contributed by atoms with Crippen molar-refractivity contribution in [2.75, 3.05) is 31.3 Å². The van der Waals surface area contributed by atoms with E-state index in [2.05, 4.69) is 19.6 Å². The third kappa shape index (κ3) is 4.16. The SMILES string of the molecule is Cc1ccc(S(=O)(=O)N2CCC3(C2)C(=O)N(COCC[Si](C)(C)C)c2ccccc23)cc1. The lowest BCUT2D eigenvalue weighted by molar-refractivity contribution is -0.123. The third-order valence-corrected chi connectivity index (χ3v) is 10.0. The van der Waals surface area contributed by atoms with E-state index in [-0.39, 0.29) is 24.1 Å². The van der Waals surface area contributed by atoms with Crippen LogP contribution in [-0.2, 0) is 25.0 Å². The standard InChI is InChI=1S/C24H32N2O4SSi/c1-19-9-11-20(12-10-19)31(28,29)25-14-13-24(17-25)21-7-5-6-8-22(21)26(23(24)27)18-30-15-16-32(2,3)4/h5-12H,13-18H2,1-4H3. The average molecular weight is 473 g/mol. The zero-order chi connectivity index (χ0) is 23.1. The Balaban J connectivity index is 1.57. The van der Waals surface area contributed by atoms with E-state index in [0.717, 1.165) is 22.9 Å². The van der Waals surface area contributed by atoms with Gasteiger partial charge in [0.05, 0.1) is 16.0 Å². The van der Waals surface area contributed by atoms with Gasteiger partial charge in [-0.2, -0.15) is 4.31 Å². The Morgan fingerprint density at radius 1 is 1.06 bits per heavy atom. The van der Waals surface area contributed by atoms with Gasteiger partial charge in [-0.15, -0.1) is 0 Å². The van der Waals surface area contributed by atoms with Gasteiger partial charge in [-0.3, -0.25) is 9.69 Å². The summed E-state index contributed by atoms with van der Waals surface area (Å²) in [6.07, 6.45) is 0.472. The molecule has 6 nitrogen and oxygen atoms in total. The molecule has 0 bridgehead atoms. The highest BCUT2D eigenvalue weighted by molar-refractivity contribution is 7.89. The van der Waals surface area contributed by atoms with Crippen LogP contribution < -0.4 is 4.90 Å². The van der Waals surface area contributed by atoms with Gasteiger partial charge in [0, 0.05) is 27.8 Å². The molecular formula is C24H32N2O4SSi. The Bertz CT molecular complexity index is 1110. The molecule has 2 aromatic rings. The summed E-state index contributed by atoms with van der Waals surface area (Å²) in [4.78, 5) is 15.6. The summed E-state index contributed by atoms with van der Waals surface area (Å²) >= 11 is 0. The van der Waals surface area contributed by atoms with E-state index in [1.165, 1.54) is 4.31 Å². The number of amides is 1. The van der Waals surface area contributed by atoms with Gasteiger partial charge < -0.3 is 4.74 Å². The zero-order valence-corrected chi connectivity index (χ0v) is 21.1. The zero-order valence-electron chi connectivity index (χ0n) is 19.3. The van der Waals surface area contributed by atoms with Crippen molar-refractivity contribution in [3.63, 3.8) is 0 Å². The molecule has 2 heterocycles. The van der Waals surface area contributed by atoms with Crippen molar-refractivity contribution in [2.24, 2.45) is 0 Å². The molecule has 0 N–H and O–H groups in total. The molecule has 1 atom stereocenters. The van der Waals surface area contributed by atoms with Crippen molar-refractivity contribution in [3.8, 4) is 0 Å². The van der Waals surface area contributed by atoms with Crippen LogP contribution in [0.15, 0.2) is 53.4 Å². The summed E-state index contributed by atoms with van der Waals surface area (Å²) in [5, 5.41) is 0. The smallest absolute Gasteiger partial charge is 0.243 e. The van der Waals surface area contributed by atoms with Crippen molar-refractivity contribution in [2.45, 2.75) is 49.3 Å². The Hall–Kier alpha value is -2.00. The summed E-state index contributed by atoms with van der Waals surface area (Å²) in [5.41, 5.74) is 1.89. The van der Waals surface area contributed by atoms with Gasteiger partial charge in [-0.05, 0) is 43.2 Å². The molecule has 1 fully saturated rings. The molecule has 0 aromatic heterocycles. The van der Waals surface area contributed by atoms with Crippen LogP contribution in [0.1, 0.15) is 17.5 Å². The number of hydrogen-bond donors (Lipinski definition) is 0. The predicted octanol–water partition coefficient (Wildman–Crippen LogP) is 3.99. The molecule has 2 aliphatic heterocycles. The molecule has 1 spiro atoms. The summed E-state index contributed by atoms with van der Waals surface area (Å²) in [7, 11) is -4.89. The number of anilines is 1. The van der Waals surface area contributed by atoms with Gasteiger partial charge >= 0.3 is 0 Å². The molecular weight excluding hydrogens is 440 g/mol. The molecule has 1 unspecified atom stereocenters. The van der Waals surface area contributed by atoms with Crippen LogP contribution in [-0.4, -0.2) is 53.1 Å².